The molecule has 7 heteroatoms. The number of nitrogens with one attached hydrogen (secondary N) is 1. The van der Waals surface area contributed by atoms with Gasteiger partial charge >= 0.3 is 5.97 Å². The Morgan fingerprint density at radius 3 is 2.50 bits per heavy atom. The highest BCUT2D eigenvalue weighted by molar-refractivity contribution is 7.89. The normalized spacial score (nSPS) is 13.9. The van der Waals surface area contributed by atoms with E-state index in [1.165, 1.54) is 0 Å². The number of hydrogen-bond donors (Lipinski definition) is 2. The molecule has 0 saturated carbocycles. The van der Waals surface area contributed by atoms with Crippen molar-refractivity contribution in [3.63, 3.8) is 0 Å². The van der Waals surface area contributed by atoms with Crippen LogP contribution in [0.5, 0.6) is 0 Å². The molecule has 112 valence electrons. The summed E-state index contributed by atoms with van der Waals surface area (Å²) in [6, 6.07) is 4.10. The van der Waals surface area contributed by atoms with Crippen molar-refractivity contribution >= 4 is 16.0 Å². The smallest absolute Gasteiger partial charge is 0.322 e. The molecule has 20 heavy (non-hydrogen) atoms. The molecule has 0 radical (unpaired) electrons. The lowest BCUT2D eigenvalue weighted by Crippen LogP contribution is -2.49. The maximum absolute atomic E-state index is 12.0. The van der Waals surface area contributed by atoms with Crippen LogP contribution in [0.25, 0.3) is 0 Å². The molecule has 1 atom stereocenters. The number of pyridine rings is 1. The highest BCUT2D eigenvalue weighted by atomic mass is 32.2. The van der Waals surface area contributed by atoms with E-state index in [-0.39, 0.29) is 12.2 Å². The third kappa shape index (κ3) is 5.26. The summed E-state index contributed by atoms with van der Waals surface area (Å²) in [7, 11) is -3.68. The van der Waals surface area contributed by atoms with Gasteiger partial charge in [-0.05, 0) is 17.5 Å². The van der Waals surface area contributed by atoms with Gasteiger partial charge in [-0.25, -0.2) is 13.1 Å². The molecule has 0 saturated heterocycles. The van der Waals surface area contributed by atoms with Crippen LogP contribution in [0, 0.1) is 5.41 Å². The lowest BCUT2D eigenvalue weighted by atomic mass is 9.88. The Morgan fingerprint density at radius 2 is 2.05 bits per heavy atom. The van der Waals surface area contributed by atoms with Gasteiger partial charge in [-0.15, -0.1) is 0 Å². The molecule has 0 unspecified atom stereocenters. The van der Waals surface area contributed by atoms with E-state index in [1.807, 2.05) is 0 Å². The molecular weight excluding hydrogens is 280 g/mol. The molecule has 0 amide bonds. The number of aliphatic carboxylic acids is 1. The number of carboxylic acids is 1. The SMILES string of the molecule is CC(C)(C)[C@H](NS(=O)(=O)CCc1ccccn1)C(=O)O. The number of sulfonamides is 1. The fourth-order valence-corrected chi connectivity index (χ4v) is 3.03. The van der Waals surface area contributed by atoms with Crippen molar-refractivity contribution in [3.05, 3.63) is 30.1 Å². The zero-order chi connectivity index (χ0) is 15.4. The van der Waals surface area contributed by atoms with Gasteiger partial charge in [0.25, 0.3) is 0 Å². The van der Waals surface area contributed by atoms with Crippen LogP contribution in [-0.4, -0.2) is 36.3 Å². The standard InChI is InChI=1S/C13H20N2O4S/c1-13(2,3)11(12(16)17)15-20(18,19)9-7-10-6-4-5-8-14-10/h4-6,8,11,15H,7,9H2,1-3H3,(H,16,17)/t11-/m1/s1. The minimum atomic E-state index is -3.68. The molecule has 0 spiro atoms. The topological polar surface area (TPSA) is 96.4 Å². The van der Waals surface area contributed by atoms with Gasteiger partial charge in [0.1, 0.15) is 6.04 Å². The maximum Gasteiger partial charge on any atom is 0.322 e. The number of aromatic nitrogens is 1. The Kier molecular flexibility index (Phi) is 5.24. The van der Waals surface area contributed by atoms with E-state index < -0.39 is 27.4 Å². The lowest BCUT2D eigenvalue weighted by Gasteiger charge is -2.27. The summed E-state index contributed by atoms with van der Waals surface area (Å²) in [5, 5.41) is 9.12. The Hall–Kier alpha value is -1.47. The number of nitrogens with zero attached hydrogens (tertiary/aromatic N) is 1. The van der Waals surface area contributed by atoms with Crippen LogP contribution in [0.1, 0.15) is 26.5 Å². The Balaban J connectivity index is 2.72. The second-order valence-corrected chi connectivity index (χ2v) is 7.52. The van der Waals surface area contributed by atoms with E-state index in [9.17, 15) is 13.2 Å². The molecule has 0 aromatic carbocycles. The molecule has 2 N–H and O–H groups in total. The predicted molar refractivity (Wildman–Crippen MR) is 75.7 cm³/mol. The van der Waals surface area contributed by atoms with Gasteiger partial charge in [0.2, 0.25) is 10.0 Å². The van der Waals surface area contributed by atoms with Gasteiger partial charge in [0.15, 0.2) is 0 Å². The monoisotopic (exact) mass is 300 g/mol. The molecular formula is C13H20N2O4S. The van der Waals surface area contributed by atoms with Crippen LogP contribution in [0.15, 0.2) is 24.4 Å². The molecule has 0 aliphatic carbocycles. The molecule has 1 heterocycles. The highest BCUT2D eigenvalue weighted by Gasteiger charge is 2.34. The lowest BCUT2D eigenvalue weighted by molar-refractivity contribution is -0.141. The van der Waals surface area contributed by atoms with Crippen LogP contribution in [0.4, 0.5) is 0 Å². The highest BCUT2D eigenvalue weighted by Crippen LogP contribution is 2.20. The average Bonchev–Trinajstić information content (AvgIpc) is 2.33. The molecule has 1 aromatic heterocycles. The summed E-state index contributed by atoms with van der Waals surface area (Å²) in [6.45, 7) is 5.02. The summed E-state index contributed by atoms with van der Waals surface area (Å²) < 4.78 is 26.2. The molecule has 1 rings (SSSR count). The first-order valence-corrected chi connectivity index (χ1v) is 7.90. The molecule has 0 aliphatic heterocycles. The van der Waals surface area contributed by atoms with Crippen molar-refractivity contribution < 1.29 is 18.3 Å². The first kappa shape index (κ1) is 16.6. The minimum absolute atomic E-state index is 0.191. The van der Waals surface area contributed by atoms with E-state index in [1.54, 1.807) is 45.2 Å². The quantitative estimate of drug-likeness (QED) is 0.818. The van der Waals surface area contributed by atoms with Crippen LogP contribution >= 0.6 is 0 Å². The van der Waals surface area contributed by atoms with Gasteiger partial charge in [-0.3, -0.25) is 9.78 Å². The fraction of sp³-hybridized carbons (Fsp3) is 0.538. The maximum atomic E-state index is 12.0. The van der Waals surface area contributed by atoms with E-state index in [0.717, 1.165) is 0 Å². The zero-order valence-electron chi connectivity index (χ0n) is 11.8. The molecule has 0 fully saturated rings. The fourth-order valence-electron chi connectivity index (χ4n) is 1.62. The van der Waals surface area contributed by atoms with Crippen LogP contribution in [0.3, 0.4) is 0 Å². The molecule has 6 nitrogen and oxygen atoms in total. The average molecular weight is 300 g/mol. The summed E-state index contributed by atoms with van der Waals surface area (Å²) in [5.41, 5.74) is -0.0512. The van der Waals surface area contributed by atoms with Crippen LogP contribution < -0.4 is 4.72 Å². The van der Waals surface area contributed by atoms with E-state index in [0.29, 0.717) is 5.69 Å². The third-order valence-electron chi connectivity index (χ3n) is 2.76. The second-order valence-electron chi connectivity index (χ2n) is 5.65. The molecule has 1 aromatic rings. The van der Waals surface area contributed by atoms with Crippen molar-refractivity contribution in [3.8, 4) is 0 Å². The molecule has 0 aliphatic rings. The van der Waals surface area contributed by atoms with Gasteiger partial charge < -0.3 is 5.11 Å². The van der Waals surface area contributed by atoms with E-state index >= 15 is 0 Å². The number of rotatable bonds is 6. The first-order chi connectivity index (χ1) is 9.12. The Labute approximate surface area is 119 Å². The summed E-state index contributed by atoms with van der Waals surface area (Å²) in [4.78, 5) is 15.2. The van der Waals surface area contributed by atoms with Crippen molar-refractivity contribution in [2.24, 2.45) is 5.41 Å². The van der Waals surface area contributed by atoms with Crippen LogP contribution in [-0.2, 0) is 21.2 Å². The summed E-state index contributed by atoms with van der Waals surface area (Å²) in [5.74, 6) is -1.37. The minimum Gasteiger partial charge on any atom is -0.480 e. The summed E-state index contributed by atoms with van der Waals surface area (Å²) >= 11 is 0. The molecule has 0 bridgehead atoms. The van der Waals surface area contributed by atoms with Gasteiger partial charge in [0.05, 0.1) is 5.75 Å². The number of carboxylic acid groups (broad SMARTS) is 1. The first-order valence-electron chi connectivity index (χ1n) is 6.24. The van der Waals surface area contributed by atoms with Crippen molar-refractivity contribution in [1.82, 2.24) is 9.71 Å². The number of carbonyl (C=O) groups is 1. The van der Waals surface area contributed by atoms with Crippen molar-refractivity contribution in [2.75, 3.05) is 5.75 Å². The summed E-state index contributed by atoms with van der Waals surface area (Å²) in [6.07, 6.45) is 1.83. The van der Waals surface area contributed by atoms with Crippen molar-refractivity contribution in [1.29, 1.82) is 0 Å². The number of aryl methyl sites for hydroxylation is 1. The Bertz CT molecular complexity index is 549. The number of hydrogen-bond acceptors (Lipinski definition) is 4. The Morgan fingerprint density at radius 1 is 1.40 bits per heavy atom. The van der Waals surface area contributed by atoms with E-state index in [2.05, 4.69) is 9.71 Å². The van der Waals surface area contributed by atoms with Gasteiger partial charge in [-0.2, -0.15) is 0 Å². The van der Waals surface area contributed by atoms with Gasteiger partial charge in [-0.1, -0.05) is 26.8 Å². The predicted octanol–water partition coefficient (Wildman–Crippen LogP) is 1.04. The van der Waals surface area contributed by atoms with E-state index in [4.69, 9.17) is 5.11 Å². The van der Waals surface area contributed by atoms with Crippen molar-refractivity contribution in [2.45, 2.75) is 33.2 Å². The third-order valence-corrected chi connectivity index (χ3v) is 4.10. The second kappa shape index (κ2) is 6.32. The van der Waals surface area contributed by atoms with Gasteiger partial charge in [0, 0.05) is 18.3 Å². The largest absolute Gasteiger partial charge is 0.480 e. The zero-order valence-corrected chi connectivity index (χ0v) is 12.6. The van der Waals surface area contributed by atoms with Crippen LogP contribution in [0.2, 0.25) is 0 Å².